The number of rotatable bonds is 3. The maximum absolute atomic E-state index is 13.6. The fourth-order valence-corrected chi connectivity index (χ4v) is 2.11. The standard InChI is InChI=1S/C15H13F2NO2/c1-9(18-13-7-11(16)3-4-12(13)17)10-2-5-14-15(6-10)20-8-19-14/h2-7,9,18H,8H2,1H3. The van der Waals surface area contributed by atoms with Crippen LogP contribution >= 0.6 is 0 Å². The van der Waals surface area contributed by atoms with Crippen molar-refractivity contribution in [2.75, 3.05) is 12.1 Å². The fourth-order valence-electron chi connectivity index (χ4n) is 2.11. The van der Waals surface area contributed by atoms with E-state index in [0.717, 1.165) is 23.8 Å². The lowest BCUT2D eigenvalue weighted by Crippen LogP contribution is -2.08. The minimum atomic E-state index is -0.487. The number of anilines is 1. The zero-order valence-corrected chi connectivity index (χ0v) is 10.8. The van der Waals surface area contributed by atoms with Crippen molar-refractivity contribution >= 4 is 5.69 Å². The molecule has 0 amide bonds. The molecule has 0 radical (unpaired) electrons. The Kier molecular flexibility index (Phi) is 3.18. The lowest BCUT2D eigenvalue weighted by atomic mass is 10.1. The summed E-state index contributed by atoms with van der Waals surface area (Å²) >= 11 is 0. The van der Waals surface area contributed by atoms with Crippen LogP contribution < -0.4 is 14.8 Å². The van der Waals surface area contributed by atoms with Crippen LogP contribution in [-0.4, -0.2) is 6.79 Å². The molecule has 0 fully saturated rings. The van der Waals surface area contributed by atoms with E-state index in [-0.39, 0.29) is 18.5 Å². The second kappa shape index (κ2) is 5.00. The van der Waals surface area contributed by atoms with Gasteiger partial charge in [-0.15, -0.1) is 0 Å². The molecule has 0 saturated heterocycles. The number of nitrogens with one attached hydrogen (secondary N) is 1. The summed E-state index contributed by atoms with van der Waals surface area (Å²) in [5.74, 6) is 0.388. The van der Waals surface area contributed by atoms with Crippen molar-refractivity contribution in [3.05, 3.63) is 53.6 Å². The molecule has 1 unspecified atom stereocenters. The minimum Gasteiger partial charge on any atom is -0.454 e. The number of benzene rings is 2. The Labute approximate surface area is 115 Å². The van der Waals surface area contributed by atoms with E-state index in [1.807, 2.05) is 19.1 Å². The molecule has 0 bridgehead atoms. The van der Waals surface area contributed by atoms with Gasteiger partial charge >= 0.3 is 0 Å². The molecular formula is C15H13F2NO2. The average Bonchev–Trinajstić information content (AvgIpc) is 2.90. The maximum Gasteiger partial charge on any atom is 0.231 e. The molecule has 1 heterocycles. The van der Waals surface area contributed by atoms with Gasteiger partial charge in [0.1, 0.15) is 11.6 Å². The monoisotopic (exact) mass is 277 g/mol. The van der Waals surface area contributed by atoms with Gasteiger partial charge in [-0.25, -0.2) is 8.78 Å². The van der Waals surface area contributed by atoms with Crippen molar-refractivity contribution in [1.82, 2.24) is 0 Å². The zero-order chi connectivity index (χ0) is 14.1. The molecule has 0 aliphatic carbocycles. The van der Waals surface area contributed by atoms with Gasteiger partial charge in [-0.2, -0.15) is 0 Å². The van der Waals surface area contributed by atoms with Gasteiger partial charge in [0.15, 0.2) is 11.5 Å². The van der Waals surface area contributed by atoms with E-state index in [1.165, 1.54) is 0 Å². The third kappa shape index (κ3) is 2.39. The number of ether oxygens (including phenoxy) is 2. The van der Waals surface area contributed by atoms with Gasteiger partial charge in [0.05, 0.1) is 5.69 Å². The van der Waals surface area contributed by atoms with Crippen molar-refractivity contribution < 1.29 is 18.3 Å². The van der Waals surface area contributed by atoms with Crippen LogP contribution in [0, 0.1) is 11.6 Å². The van der Waals surface area contributed by atoms with Crippen LogP contribution in [-0.2, 0) is 0 Å². The van der Waals surface area contributed by atoms with Crippen LogP contribution in [0.4, 0.5) is 14.5 Å². The maximum atomic E-state index is 13.6. The van der Waals surface area contributed by atoms with E-state index >= 15 is 0 Å². The summed E-state index contributed by atoms with van der Waals surface area (Å²) in [6, 6.07) is 8.63. The molecule has 2 aromatic rings. The fraction of sp³-hybridized carbons (Fsp3) is 0.200. The Bertz CT molecular complexity index is 646. The molecule has 104 valence electrons. The summed E-state index contributed by atoms with van der Waals surface area (Å²) in [5.41, 5.74) is 1.04. The molecule has 1 N–H and O–H groups in total. The first-order chi connectivity index (χ1) is 9.63. The highest BCUT2D eigenvalue weighted by Gasteiger charge is 2.16. The molecule has 1 aliphatic heterocycles. The Morgan fingerprint density at radius 2 is 1.85 bits per heavy atom. The number of hydrogen-bond acceptors (Lipinski definition) is 3. The summed E-state index contributed by atoms with van der Waals surface area (Å²) < 4.78 is 37.3. The first-order valence-corrected chi connectivity index (χ1v) is 6.24. The van der Waals surface area contributed by atoms with Gasteiger partial charge in [-0.1, -0.05) is 6.07 Å². The van der Waals surface area contributed by atoms with Gasteiger partial charge in [0.25, 0.3) is 0 Å². The van der Waals surface area contributed by atoms with Crippen LogP contribution in [0.1, 0.15) is 18.5 Å². The summed E-state index contributed by atoms with van der Waals surface area (Å²) in [4.78, 5) is 0. The molecule has 5 heteroatoms. The predicted octanol–water partition coefficient (Wildman–Crippen LogP) is 3.87. The largest absolute Gasteiger partial charge is 0.454 e. The molecule has 3 rings (SSSR count). The summed E-state index contributed by atoms with van der Waals surface area (Å²) in [6.07, 6.45) is 0. The molecule has 1 aliphatic rings. The molecule has 3 nitrogen and oxygen atoms in total. The van der Waals surface area contributed by atoms with E-state index < -0.39 is 11.6 Å². The minimum absolute atomic E-state index is 0.134. The van der Waals surface area contributed by atoms with E-state index in [1.54, 1.807) is 6.07 Å². The first-order valence-electron chi connectivity index (χ1n) is 6.24. The molecule has 2 aromatic carbocycles. The SMILES string of the molecule is CC(Nc1cc(F)ccc1F)c1ccc2c(c1)OCO2. The first kappa shape index (κ1) is 12.7. The molecule has 0 aromatic heterocycles. The second-order valence-electron chi connectivity index (χ2n) is 4.60. The molecule has 20 heavy (non-hydrogen) atoms. The van der Waals surface area contributed by atoms with E-state index in [4.69, 9.17) is 9.47 Å². The molecule has 0 saturated carbocycles. The van der Waals surface area contributed by atoms with Gasteiger partial charge < -0.3 is 14.8 Å². The predicted molar refractivity (Wildman–Crippen MR) is 71.0 cm³/mol. The lowest BCUT2D eigenvalue weighted by molar-refractivity contribution is 0.174. The third-order valence-electron chi connectivity index (χ3n) is 3.20. The van der Waals surface area contributed by atoms with E-state index in [9.17, 15) is 8.78 Å². The summed E-state index contributed by atoms with van der Waals surface area (Å²) in [7, 11) is 0. The van der Waals surface area contributed by atoms with Crippen LogP contribution in [0.25, 0.3) is 0 Å². The second-order valence-corrected chi connectivity index (χ2v) is 4.60. The molecular weight excluding hydrogens is 264 g/mol. The van der Waals surface area contributed by atoms with E-state index in [0.29, 0.717) is 11.5 Å². The van der Waals surface area contributed by atoms with Gasteiger partial charge in [0, 0.05) is 6.04 Å². The van der Waals surface area contributed by atoms with Gasteiger partial charge in [-0.3, -0.25) is 0 Å². The van der Waals surface area contributed by atoms with Crippen LogP contribution in [0.2, 0.25) is 0 Å². The highest BCUT2D eigenvalue weighted by atomic mass is 19.1. The van der Waals surface area contributed by atoms with Crippen molar-refractivity contribution in [2.24, 2.45) is 0 Å². The summed E-state index contributed by atoms with van der Waals surface area (Å²) in [6.45, 7) is 2.07. The van der Waals surface area contributed by atoms with Crippen molar-refractivity contribution in [1.29, 1.82) is 0 Å². The zero-order valence-electron chi connectivity index (χ0n) is 10.8. The lowest BCUT2D eigenvalue weighted by Gasteiger charge is -2.16. The van der Waals surface area contributed by atoms with Gasteiger partial charge in [-0.05, 0) is 42.8 Å². The molecule has 1 atom stereocenters. The average molecular weight is 277 g/mol. The van der Waals surface area contributed by atoms with E-state index in [2.05, 4.69) is 5.32 Å². The molecule has 0 spiro atoms. The Hall–Kier alpha value is -2.30. The Balaban J connectivity index is 1.82. The van der Waals surface area contributed by atoms with Crippen molar-refractivity contribution in [3.8, 4) is 11.5 Å². The normalized spacial score (nSPS) is 14.2. The Morgan fingerprint density at radius 3 is 2.70 bits per heavy atom. The van der Waals surface area contributed by atoms with Crippen LogP contribution in [0.5, 0.6) is 11.5 Å². The topological polar surface area (TPSA) is 30.5 Å². The number of halogens is 2. The highest BCUT2D eigenvalue weighted by molar-refractivity contribution is 5.50. The van der Waals surface area contributed by atoms with Gasteiger partial charge in [0.2, 0.25) is 6.79 Å². The van der Waals surface area contributed by atoms with Crippen LogP contribution in [0.15, 0.2) is 36.4 Å². The highest BCUT2D eigenvalue weighted by Crippen LogP contribution is 2.35. The Morgan fingerprint density at radius 1 is 1.05 bits per heavy atom. The van der Waals surface area contributed by atoms with Crippen molar-refractivity contribution in [3.63, 3.8) is 0 Å². The van der Waals surface area contributed by atoms with Crippen molar-refractivity contribution in [2.45, 2.75) is 13.0 Å². The smallest absolute Gasteiger partial charge is 0.231 e. The summed E-state index contributed by atoms with van der Waals surface area (Å²) in [5, 5.41) is 2.95. The number of fused-ring (bicyclic) bond motifs is 1. The number of hydrogen-bond donors (Lipinski definition) is 1. The third-order valence-corrected chi connectivity index (χ3v) is 3.20. The quantitative estimate of drug-likeness (QED) is 0.924. The van der Waals surface area contributed by atoms with Crippen LogP contribution in [0.3, 0.4) is 0 Å².